The van der Waals surface area contributed by atoms with Crippen molar-refractivity contribution in [2.24, 2.45) is 0 Å². The van der Waals surface area contributed by atoms with Crippen LogP contribution >= 0.6 is 0 Å². The molecule has 0 aliphatic carbocycles. The number of imidazole rings is 1. The number of fused-ring (bicyclic) bond motifs is 1. The topological polar surface area (TPSA) is 55.6 Å². The van der Waals surface area contributed by atoms with Crippen LogP contribution in [0.5, 0.6) is 0 Å². The molecule has 1 aromatic carbocycles. The molecular weight excluding hydrogens is 350 g/mol. The summed E-state index contributed by atoms with van der Waals surface area (Å²) in [7, 11) is 0. The number of hydrogen-bond donors (Lipinski definition) is 1. The third-order valence-electron chi connectivity index (χ3n) is 5.76. The van der Waals surface area contributed by atoms with Gasteiger partial charge in [0.15, 0.2) is 0 Å². The van der Waals surface area contributed by atoms with Gasteiger partial charge in [0.25, 0.3) is 5.91 Å². The maximum absolute atomic E-state index is 12.7. The molecule has 3 aromatic rings. The predicted octanol–water partition coefficient (Wildman–Crippen LogP) is 3.98. The lowest BCUT2D eigenvalue weighted by Gasteiger charge is -2.45. The number of ether oxygens (including phenoxy) is 1. The summed E-state index contributed by atoms with van der Waals surface area (Å²) < 4.78 is 7.84. The van der Waals surface area contributed by atoms with Crippen molar-refractivity contribution in [1.82, 2.24) is 14.7 Å². The van der Waals surface area contributed by atoms with E-state index in [0.717, 1.165) is 31.5 Å². The van der Waals surface area contributed by atoms with Crippen LogP contribution in [0.15, 0.2) is 61.1 Å². The average molecular weight is 377 g/mol. The highest BCUT2D eigenvalue weighted by molar-refractivity contribution is 5.94. The van der Waals surface area contributed by atoms with Gasteiger partial charge in [0.1, 0.15) is 5.65 Å². The number of aromatic nitrogens is 2. The van der Waals surface area contributed by atoms with Crippen LogP contribution in [0.25, 0.3) is 5.65 Å². The zero-order chi connectivity index (χ0) is 19.6. The monoisotopic (exact) mass is 377 g/mol. The molecule has 1 fully saturated rings. The maximum Gasteiger partial charge on any atom is 0.252 e. The molecule has 0 spiro atoms. The molecule has 146 valence electrons. The molecule has 0 saturated carbocycles. The highest BCUT2D eigenvalue weighted by atomic mass is 16.5. The first kappa shape index (κ1) is 18.7. The molecule has 0 bridgehead atoms. The zero-order valence-corrected chi connectivity index (χ0v) is 16.5. The number of carbonyl (C=O) groups excluding carboxylic acids is 1. The first-order valence-electron chi connectivity index (χ1n) is 9.88. The largest absolute Gasteiger partial charge is 0.376 e. The van der Waals surface area contributed by atoms with Crippen molar-refractivity contribution in [2.45, 2.75) is 44.1 Å². The fourth-order valence-corrected chi connectivity index (χ4v) is 4.44. The Morgan fingerprint density at radius 3 is 2.82 bits per heavy atom. The van der Waals surface area contributed by atoms with Crippen molar-refractivity contribution >= 4 is 11.6 Å². The maximum atomic E-state index is 12.7. The van der Waals surface area contributed by atoms with Gasteiger partial charge >= 0.3 is 0 Å². The minimum absolute atomic E-state index is 0.0184. The normalized spacial score (nSPS) is 21.5. The van der Waals surface area contributed by atoms with Crippen molar-refractivity contribution < 1.29 is 9.53 Å². The Balaban J connectivity index is 1.48. The van der Waals surface area contributed by atoms with Gasteiger partial charge in [0.2, 0.25) is 0 Å². The van der Waals surface area contributed by atoms with E-state index in [2.05, 4.69) is 54.5 Å². The Bertz CT molecular complexity index is 964. The van der Waals surface area contributed by atoms with Crippen LogP contribution in [0.3, 0.4) is 0 Å². The lowest BCUT2D eigenvalue weighted by molar-refractivity contribution is -0.0838. The molecule has 0 unspecified atom stereocenters. The summed E-state index contributed by atoms with van der Waals surface area (Å²) in [6.45, 7) is 5.68. The smallest absolute Gasteiger partial charge is 0.252 e. The van der Waals surface area contributed by atoms with E-state index in [1.54, 1.807) is 6.20 Å². The Morgan fingerprint density at radius 1 is 1.21 bits per heavy atom. The predicted molar refractivity (Wildman–Crippen MR) is 110 cm³/mol. The first-order chi connectivity index (χ1) is 13.5. The van der Waals surface area contributed by atoms with Crippen LogP contribution < -0.4 is 5.32 Å². The number of amides is 1. The van der Waals surface area contributed by atoms with Gasteiger partial charge in [-0.05, 0) is 50.8 Å². The fourth-order valence-electron chi connectivity index (χ4n) is 4.44. The molecule has 0 radical (unpaired) electrons. The van der Waals surface area contributed by atoms with Crippen LogP contribution in [-0.4, -0.2) is 34.0 Å². The van der Waals surface area contributed by atoms with Gasteiger partial charge in [-0.15, -0.1) is 0 Å². The molecule has 1 aliphatic rings. The average Bonchev–Trinajstić information content (AvgIpc) is 3.15. The minimum atomic E-state index is -0.162. The lowest BCUT2D eigenvalue weighted by Crippen LogP contribution is -2.45. The quantitative estimate of drug-likeness (QED) is 0.732. The number of carbonyl (C=O) groups is 1. The molecule has 5 nitrogen and oxygen atoms in total. The zero-order valence-electron chi connectivity index (χ0n) is 16.5. The van der Waals surface area contributed by atoms with E-state index in [1.165, 1.54) is 5.56 Å². The molecule has 1 atom stereocenters. The van der Waals surface area contributed by atoms with Gasteiger partial charge in [-0.25, -0.2) is 4.98 Å². The van der Waals surface area contributed by atoms with Gasteiger partial charge < -0.3 is 14.5 Å². The van der Waals surface area contributed by atoms with E-state index < -0.39 is 0 Å². The summed E-state index contributed by atoms with van der Waals surface area (Å²) in [4.78, 5) is 16.9. The first-order valence-corrected chi connectivity index (χ1v) is 9.88. The Kier molecular flexibility index (Phi) is 4.94. The van der Waals surface area contributed by atoms with E-state index in [9.17, 15) is 4.79 Å². The standard InChI is InChI=1S/C23H27N3O2/c1-22(2)17-23(11-15-28-22,19-6-4-3-5-7-19)10-12-25-21(27)18-8-9-20-24-13-14-26(20)16-18/h3-9,13-14,16H,10-12,15,17H2,1-2H3,(H,25,27)/t23-/m1/s1. The molecule has 2 aromatic heterocycles. The van der Waals surface area contributed by atoms with Crippen LogP contribution in [0.2, 0.25) is 0 Å². The highest BCUT2D eigenvalue weighted by Crippen LogP contribution is 2.43. The second kappa shape index (κ2) is 7.40. The minimum Gasteiger partial charge on any atom is -0.376 e. The number of nitrogens with one attached hydrogen (secondary N) is 1. The summed E-state index contributed by atoms with van der Waals surface area (Å²) in [6.07, 6.45) is 8.21. The third kappa shape index (κ3) is 3.80. The number of pyridine rings is 1. The van der Waals surface area contributed by atoms with Crippen molar-refractivity contribution in [3.05, 3.63) is 72.2 Å². The molecule has 28 heavy (non-hydrogen) atoms. The number of rotatable bonds is 5. The number of hydrogen-bond acceptors (Lipinski definition) is 3. The van der Waals surface area contributed by atoms with Crippen LogP contribution in [0.1, 0.15) is 49.0 Å². The van der Waals surface area contributed by atoms with E-state index in [-0.39, 0.29) is 16.9 Å². The SMILES string of the molecule is CC1(C)C[C@](CCNC(=O)c2ccc3nccn3c2)(c2ccccc2)CCO1. The van der Waals surface area contributed by atoms with E-state index in [0.29, 0.717) is 12.1 Å². The Morgan fingerprint density at radius 2 is 2.04 bits per heavy atom. The van der Waals surface area contributed by atoms with Gasteiger partial charge in [-0.3, -0.25) is 4.79 Å². The molecule has 1 N–H and O–H groups in total. The van der Waals surface area contributed by atoms with E-state index >= 15 is 0 Å². The van der Waals surface area contributed by atoms with Crippen molar-refractivity contribution in [1.29, 1.82) is 0 Å². The summed E-state index contributed by atoms with van der Waals surface area (Å²) in [5.74, 6) is -0.0508. The van der Waals surface area contributed by atoms with Gasteiger partial charge in [0.05, 0.1) is 11.2 Å². The fraction of sp³-hybridized carbons (Fsp3) is 0.391. The molecule has 1 saturated heterocycles. The second-order valence-electron chi connectivity index (χ2n) is 8.30. The van der Waals surface area contributed by atoms with E-state index in [1.807, 2.05) is 28.9 Å². The lowest BCUT2D eigenvalue weighted by atomic mass is 9.67. The molecule has 1 amide bonds. The second-order valence-corrected chi connectivity index (χ2v) is 8.30. The molecule has 4 rings (SSSR count). The van der Waals surface area contributed by atoms with Crippen LogP contribution in [0, 0.1) is 0 Å². The van der Waals surface area contributed by atoms with Crippen molar-refractivity contribution in [3.8, 4) is 0 Å². The summed E-state index contributed by atoms with van der Waals surface area (Å²) >= 11 is 0. The Labute approximate surface area is 165 Å². The molecule has 5 heteroatoms. The molecule has 3 heterocycles. The van der Waals surface area contributed by atoms with Crippen molar-refractivity contribution in [2.75, 3.05) is 13.2 Å². The Hall–Kier alpha value is -2.66. The van der Waals surface area contributed by atoms with Gasteiger partial charge in [-0.2, -0.15) is 0 Å². The summed E-state index contributed by atoms with van der Waals surface area (Å²) in [5, 5.41) is 3.11. The summed E-state index contributed by atoms with van der Waals surface area (Å²) in [6, 6.07) is 14.3. The van der Waals surface area contributed by atoms with Crippen LogP contribution in [-0.2, 0) is 10.2 Å². The van der Waals surface area contributed by atoms with Crippen LogP contribution in [0.4, 0.5) is 0 Å². The van der Waals surface area contributed by atoms with E-state index in [4.69, 9.17) is 4.74 Å². The van der Waals surface area contributed by atoms with Gasteiger partial charge in [-0.1, -0.05) is 30.3 Å². The van der Waals surface area contributed by atoms with Gasteiger partial charge in [0, 0.05) is 37.2 Å². The third-order valence-corrected chi connectivity index (χ3v) is 5.76. The number of nitrogens with zero attached hydrogens (tertiary/aromatic N) is 2. The molecule has 1 aliphatic heterocycles. The van der Waals surface area contributed by atoms with Crippen molar-refractivity contribution in [3.63, 3.8) is 0 Å². The number of benzene rings is 1. The summed E-state index contributed by atoms with van der Waals surface area (Å²) in [5.41, 5.74) is 2.67. The molecular formula is C23H27N3O2. The highest BCUT2D eigenvalue weighted by Gasteiger charge is 2.41.